The van der Waals surface area contributed by atoms with Gasteiger partial charge in [0.25, 0.3) is 11.8 Å². The maximum Gasteiger partial charge on any atom is 0.338 e. The quantitative estimate of drug-likeness (QED) is 0.338. The maximum absolute atomic E-state index is 12.8. The number of nitrogens with zero attached hydrogens (tertiary/aromatic N) is 2. The Morgan fingerprint density at radius 1 is 1.13 bits per heavy atom. The van der Waals surface area contributed by atoms with Crippen molar-refractivity contribution in [3.63, 3.8) is 0 Å². The Bertz CT molecular complexity index is 1180. The van der Waals surface area contributed by atoms with Gasteiger partial charge in [0.05, 0.1) is 27.4 Å². The van der Waals surface area contributed by atoms with Gasteiger partial charge in [0, 0.05) is 5.70 Å². The van der Waals surface area contributed by atoms with Crippen LogP contribution >= 0.6 is 11.6 Å². The molecule has 0 radical (unpaired) electrons. The standard InChI is InChI=1S/C21H14ClN3O5/c1-11(24)15(9-23)18(26)10-30-21(29)12-6-7-13-14(8-12)20(28)25(19(13)27)17-5-3-2-4-16(17)22/h2-8H,10,24H2,1H3/b15-11+. The number of imide groups is 1. The number of carbonyl (C=O) groups is 4. The Morgan fingerprint density at radius 2 is 1.80 bits per heavy atom. The van der Waals surface area contributed by atoms with Crippen LogP contribution in [0.2, 0.25) is 5.02 Å². The highest BCUT2D eigenvalue weighted by Crippen LogP contribution is 2.33. The van der Waals surface area contributed by atoms with Gasteiger partial charge in [-0.25, -0.2) is 9.69 Å². The molecule has 0 aliphatic carbocycles. The molecular weight excluding hydrogens is 410 g/mol. The van der Waals surface area contributed by atoms with Crippen molar-refractivity contribution < 1.29 is 23.9 Å². The van der Waals surface area contributed by atoms with Crippen LogP contribution in [0.25, 0.3) is 0 Å². The normalized spacial score (nSPS) is 13.4. The zero-order valence-electron chi connectivity index (χ0n) is 15.6. The van der Waals surface area contributed by atoms with E-state index in [1.807, 2.05) is 0 Å². The molecule has 0 saturated carbocycles. The molecule has 0 saturated heterocycles. The first-order valence-electron chi connectivity index (χ1n) is 8.60. The molecule has 8 nitrogen and oxygen atoms in total. The first-order valence-corrected chi connectivity index (χ1v) is 8.98. The van der Waals surface area contributed by atoms with Gasteiger partial charge in [-0.2, -0.15) is 5.26 Å². The number of fused-ring (bicyclic) bond motifs is 1. The van der Waals surface area contributed by atoms with E-state index >= 15 is 0 Å². The maximum atomic E-state index is 12.8. The number of hydrogen-bond donors (Lipinski definition) is 1. The highest BCUT2D eigenvalue weighted by Gasteiger charge is 2.38. The number of ketones is 1. The molecule has 2 amide bonds. The van der Waals surface area contributed by atoms with Crippen molar-refractivity contribution in [1.82, 2.24) is 0 Å². The molecule has 0 bridgehead atoms. The second-order valence-corrected chi connectivity index (χ2v) is 6.73. The lowest BCUT2D eigenvalue weighted by Gasteiger charge is -2.15. The summed E-state index contributed by atoms with van der Waals surface area (Å²) in [5.74, 6) is -2.85. The van der Waals surface area contributed by atoms with Crippen molar-refractivity contribution in [2.45, 2.75) is 6.92 Å². The Hall–Kier alpha value is -3.96. The Kier molecular flexibility index (Phi) is 5.67. The van der Waals surface area contributed by atoms with E-state index in [1.54, 1.807) is 24.3 Å². The lowest BCUT2D eigenvalue weighted by atomic mass is 10.1. The number of anilines is 1. The van der Waals surface area contributed by atoms with E-state index < -0.39 is 30.2 Å². The van der Waals surface area contributed by atoms with Crippen LogP contribution in [0.3, 0.4) is 0 Å². The second kappa shape index (κ2) is 8.19. The third-order valence-corrected chi connectivity index (χ3v) is 4.65. The molecule has 1 aliphatic rings. The number of para-hydroxylation sites is 1. The second-order valence-electron chi connectivity index (χ2n) is 6.33. The van der Waals surface area contributed by atoms with E-state index in [4.69, 9.17) is 27.3 Å². The average Bonchev–Trinajstić information content (AvgIpc) is 2.96. The number of rotatable bonds is 5. The molecule has 0 fully saturated rings. The number of Topliss-reactive ketones (excluding diaryl/α,β-unsaturated/α-hetero) is 1. The van der Waals surface area contributed by atoms with Gasteiger partial charge in [-0.1, -0.05) is 23.7 Å². The van der Waals surface area contributed by atoms with Crippen LogP contribution in [-0.4, -0.2) is 30.2 Å². The number of amides is 2. The van der Waals surface area contributed by atoms with Crippen LogP contribution in [0.15, 0.2) is 53.7 Å². The first kappa shape index (κ1) is 20.8. The molecule has 150 valence electrons. The van der Waals surface area contributed by atoms with Crippen molar-refractivity contribution in [3.8, 4) is 6.07 Å². The summed E-state index contributed by atoms with van der Waals surface area (Å²) in [4.78, 5) is 50.6. The van der Waals surface area contributed by atoms with Crippen LogP contribution < -0.4 is 10.6 Å². The van der Waals surface area contributed by atoms with Crippen molar-refractivity contribution >= 4 is 40.9 Å². The molecule has 0 spiro atoms. The van der Waals surface area contributed by atoms with Crippen molar-refractivity contribution in [2.75, 3.05) is 11.5 Å². The summed E-state index contributed by atoms with van der Waals surface area (Å²) in [5.41, 5.74) is 5.48. The summed E-state index contributed by atoms with van der Waals surface area (Å²) >= 11 is 6.10. The molecule has 9 heteroatoms. The number of carbonyl (C=O) groups excluding carboxylic acids is 4. The minimum absolute atomic E-state index is 0.0103. The van der Waals surface area contributed by atoms with Crippen LogP contribution in [-0.2, 0) is 9.53 Å². The fraction of sp³-hybridized carbons (Fsp3) is 0.0952. The topological polar surface area (TPSA) is 131 Å². The number of benzene rings is 2. The highest BCUT2D eigenvalue weighted by molar-refractivity contribution is 6.39. The van der Waals surface area contributed by atoms with Crippen LogP contribution in [0.1, 0.15) is 38.0 Å². The van der Waals surface area contributed by atoms with Gasteiger partial charge in [-0.15, -0.1) is 0 Å². The summed E-state index contributed by atoms with van der Waals surface area (Å²) in [7, 11) is 0. The van der Waals surface area contributed by atoms with E-state index in [-0.39, 0.29) is 38.7 Å². The molecule has 2 N–H and O–H groups in total. The van der Waals surface area contributed by atoms with E-state index in [1.165, 1.54) is 31.2 Å². The van der Waals surface area contributed by atoms with Crippen LogP contribution in [0.4, 0.5) is 5.69 Å². The molecule has 0 unspecified atom stereocenters. The number of nitrogens with two attached hydrogens (primary N) is 1. The van der Waals surface area contributed by atoms with Crippen LogP contribution in [0.5, 0.6) is 0 Å². The van der Waals surface area contributed by atoms with Crippen molar-refractivity contribution in [2.24, 2.45) is 5.73 Å². The summed E-state index contributed by atoms with van der Waals surface area (Å²) in [6.07, 6.45) is 0. The third-order valence-electron chi connectivity index (χ3n) is 4.33. The van der Waals surface area contributed by atoms with Crippen LogP contribution in [0, 0.1) is 11.3 Å². The van der Waals surface area contributed by atoms with E-state index in [9.17, 15) is 19.2 Å². The molecular formula is C21H14ClN3O5. The Balaban J connectivity index is 1.82. The number of nitriles is 1. The third kappa shape index (κ3) is 3.66. The summed E-state index contributed by atoms with van der Waals surface area (Å²) in [6, 6.07) is 11.9. The molecule has 30 heavy (non-hydrogen) atoms. The van der Waals surface area contributed by atoms with Gasteiger partial charge >= 0.3 is 5.97 Å². The van der Waals surface area contributed by atoms with E-state index in [0.29, 0.717) is 0 Å². The molecule has 1 heterocycles. The zero-order valence-corrected chi connectivity index (χ0v) is 16.4. The van der Waals surface area contributed by atoms with Gasteiger partial charge in [-0.05, 0) is 37.3 Å². The average molecular weight is 424 g/mol. The monoisotopic (exact) mass is 423 g/mol. The number of halogens is 1. The summed E-state index contributed by atoms with van der Waals surface area (Å²) < 4.78 is 4.92. The van der Waals surface area contributed by atoms with Gasteiger partial charge in [0.1, 0.15) is 11.6 Å². The number of allylic oxidation sites excluding steroid dienone is 1. The number of ether oxygens (including phenoxy) is 1. The largest absolute Gasteiger partial charge is 0.454 e. The smallest absolute Gasteiger partial charge is 0.338 e. The highest BCUT2D eigenvalue weighted by atomic mass is 35.5. The van der Waals surface area contributed by atoms with E-state index in [2.05, 4.69) is 0 Å². The number of hydrogen-bond acceptors (Lipinski definition) is 7. The van der Waals surface area contributed by atoms with Gasteiger partial charge < -0.3 is 10.5 Å². The predicted octanol–water partition coefficient (Wildman–Crippen LogP) is 2.62. The first-order chi connectivity index (χ1) is 14.3. The molecule has 2 aromatic rings. The van der Waals surface area contributed by atoms with Gasteiger partial charge in [-0.3, -0.25) is 14.4 Å². The van der Waals surface area contributed by atoms with Crippen molar-refractivity contribution in [1.29, 1.82) is 5.26 Å². The number of esters is 1. The van der Waals surface area contributed by atoms with Gasteiger partial charge in [0.15, 0.2) is 6.61 Å². The molecule has 3 rings (SSSR count). The Labute approximate surface area is 176 Å². The molecule has 0 atom stereocenters. The van der Waals surface area contributed by atoms with Crippen molar-refractivity contribution in [3.05, 3.63) is 75.4 Å². The zero-order chi connectivity index (χ0) is 22.0. The lowest BCUT2D eigenvalue weighted by molar-refractivity contribution is -0.118. The summed E-state index contributed by atoms with van der Waals surface area (Å²) in [5, 5.41) is 9.14. The SMILES string of the molecule is C/C(N)=C(/C#N)C(=O)COC(=O)c1ccc2c(c1)C(=O)N(c1ccccc1Cl)C2=O. The Morgan fingerprint density at radius 3 is 2.43 bits per heavy atom. The predicted molar refractivity (Wildman–Crippen MR) is 107 cm³/mol. The molecule has 0 aromatic heterocycles. The fourth-order valence-electron chi connectivity index (χ4n) is 2.88. The minimum Gasteiger partial charge on any atom is -0.454 e. The summed E-state index contributed by atoms with van der Waals surface area (Å²) in [6.45, 7) is 0.693. The lowest BCUT2D eigenvalue weighted by Crippen LogP contribution is -2.29. The minimum atomic E-state index is -0.894. The fourth-order valence-corrected chi connectivity index (χ4v) is 3.10. The molecule has 1 aliphatic heterocycles. The molecule has 2 aromatic carbocycles. The van der Waals surface area contributed by atoms with E-state index in [0.717, 1.165) is 4.90 Å². The van der Waals surface area contributed by atoms with Gasteiger partial charge in [0.2, 0.25) is 5.78 Å².